The van der Waals surface area contributed by atoms with E-state index in [0.717, 1.165) is 36.9 Å². The summed E-state index contributed by atoms with van der Waals surface area (Å²) in [6, 6.07) is 11.5. The zero-order chi connectivity index (χ0) is 11.1. The van der Waals surface area contributed by atoms with Gasteiger partial charge < -0.3 is 5.73 Å². The van der Waals surface area contributed by atoms with E-state index < -0.39 is 0 Å². The van der Waals surface area contributed by atoms with Crippen LogP contribution in [0.3, 0.4) is 0 Å². The molecule has 0 radical (unpaired) electrons. The van der Waals surface area contributed by atoms with Gasteiger partial charge >= 0.3 is 0 Å². The molecule has 16 heavy (non-hydrogen) atoms. The van der Waals surface area contributed by atoms with Crippen molar-refractivity contribution < 1.29 is 0 Å². The maximum Gasteiger partial charge on any atom is 0.0236 e. The van der Waals surface area contributed by atoms with Crippen molar-refractivity contribution in [2.75, 3.05) is 13.1 Å². The summed E-state index contributed by atoms with van der Waals surface area (Å²) in [5.74, 6) is 2.60. The van der Waals surface area contributed by atoms with Gasteiger partial charge in [-0.1, -0.05) is 30.3 Å². The molecule has 0 unspecified atom stereocenters. The molecule has 1 heterocycles. The number of fused-ring (bicyclic) bond motifs is 1. The first-order valence-electron chi connectivity index (χ1n) is 6.29. The molecule has 0 aromatic heterocycles. The van der Waals surface area contributed by atoms with Crippen molar-refractivity contribution in [3.8, 4) is 0 Å². The van der Waals surface area contributed by atoms with Gasteiger partial charge in [-0.3, -0.25) is 4.90 Å². The lowest BCUT2D eigenvalue weighted by Gasteiger charge is -2.25. The predicted octanol–water partition coefficient (Wildman–Crippen LogP) is 1.71. The molecule has 1 saturated heterocycles. The number of hydrogen-bond acceptors (Lipinski definition) is 2. The van der Waals surface area contributed by atoms with Crippen LogP contribution in [-0.4, -0.2) is 24.0 Å². The molecule has 1 saturated carbocycles. The minimum absolute atomic E-state index is 0.721. The fourth-order valence-corrected chi connectivity index (χ4v) is 3.49. The van der Waals surface area contributed by atoms with Gasteiger partial charge in [0.15, 0.2) is 0 Å². The molecule has 2 N–H and O–H groups in total. The molecule has 1 aromatic rings. The van der Waals surface area contributed by atoms with Gasteiger partial charge in [0, 0.05) is 19.1 Å². The Balaban J connectivity index is 1.63. The van der Waals surface area contributed by atoms with Crippen LogP contribution in [-0.2, 0) is 6.54 Å². The number of hydrogen-bond donors (Lipinski definition) is 1. The number of piperidine rings is 1. The second kappa shape index (κ2) is 3.86. The molecule has 0 spiro atoms. The van der Waals surface area contributed by atoms with Gasteiger partial charge in [0.25, 0.3) is 0 Å². The molecule has 2 heteroatoms. The Morgan fingerprint density at radius 1 is 1.31 bits per heavy atom. The normalized spacial score (nSPS) is 37.4. The highest BCUT2D eigenvalue weighted by Crippen LogP contribution is 2.54. The summed E-state index contributed by atoms with van der Waals surface area (Å²) in [6.45, 7) is 5.61. The summed E-state index contributed by atoms with van der Waals surface area (Å²) in [5, 5.41) is 0. The number of benzene rings is 1. The molecule has 2 aliphatic rings. The van der Waals surface area contributed by atoms with E-state index in [1.807, 2.05) is 0 Å². The fourth-order valence-electron chi connectivity index (χ4n) is 3.49. The highest BCUT2D eigenvalue weighted by Gasteiger charge is 2.58. The second-order valence-electron chi connectivity index (χ2n) is 5.30. The summed E-state index contributed by atoms with van der Waals surface area (Å²) in [5.41, 5.74) is 7.20. The van der Waals surface area contributed by atoms with Crippen LogP contribution < -0.4 is 5.73 Å². The van der Waals surface area contributed by atoms with Crippen molar-refractivity contribution in [3.63, 3.8) is 0 Å². The van der Waals surface area contributed by atoms with Crippen molar-refractivity contribution in [1.29, 1.82) is 0 Å². The second-order valence-corrected chi connectivity index (χ2v) is 5.30. The maximum absolute atomic E-state index is 5.77. The highest BCUT2D eigenvalue weighted by atomic mass is 15.2. The predicted molar refractivity (Wildman–Crippen MR) is 65.8 cm³/mol. The van der Waals surface area contributed by atoms with E-state index >= 15 is 0 Å². The Bertz CT molecular complexity index is 362. The lowest BCUT2D eigenvalue weighted by atomic mass is 10.1. The Kier molecular flexibility index (Phi) is 2.49. The van der Waals surface area contributed by atoms with E-state index in [4.69, 9.17) is 5.73 Å². The zero-order valence-corrected chi connectivity index (χ0v) is 9.84. The highest BCUT2D eigenvalue weighted by molar-refractivity contribution is 5.17. The van der Waals surface area contributed by atoms with Crippen molar-refractivity contribution >= 4 is 0 Å². The minimum atomic E-state index is 0.721. The number of likely N-dealkylation sites (tertiary alicyclic amines) is 1. The number of rotatable bonds is 3. The van der Waals surface area contributed by atoms with Crippen molar-refractivity contribution in [1.82, 2.24) is 4.90 Å². The summed E-state index contributed by atoms with van der Waals surface area (Å²) >= 11 is 0. The van der Waals surface area contributed by atoms with Crippen molar-refractivity contribution in [2.45, 2.75) is 19.5 Å². The third kappa shape index (κ3) is 1.57. The topological polar surface area (TPSA) is 29.3 Å². The zero-order valence-electron chi connectivity index (χ0n) is 9.84. The fraction of sp³-hybridized carbons (Fsp3) is 0.571. The standard InChI is InChI=1S/C14H20N2/c1-10-14-12(7-15)13(14)9-16(10)8-11-5-3-2-4-6-11/h2-6,10,12-14H,7-9,15H2,1H3/t10-,12+,13+,14-/m0/s1. The largest absolute Gasteiger partial charge is 0.330 e. The Labute approximate surface area is 97.4 Å². The van der Waals surface area contributed by atoms with Crippen LogP contribution in [0.5, 0.6) is 0 Å². The van der Waals surface area contributed by atoms with Crippen molar-refractivity contribution in [2.24, 2.45) is 23.5 Å². The average molecular weight is 216 g/mol. The number of nitrogens with two attached hydrogens (primary N) is 1. The van der Waals surface area contributed by atoms with E-state index in [9.17, 15) is 0 Å². The lowest BCUT2D eigenvalue weighted by Crippen LogP contribution is -2.32. The van der Waals surface area contributed by atoms with Crippen LogP contribution >= 0.6 is 0 Å². The SMILES string of the molecule is C[C@H]1[C@H]2[C@H](CN)[C@H]2CN1Cc1ccccc1. The van der Waals surface area contributed by atoms with Gasteiger partial charge in [0.1, 0.15) is 0 Å². The van der Waals surface area contributed by atoms with Gasteiger partial charge in [-0.2, -0.15) is 0 Å². The summed E-state index contributed by atoms with van der Waals surface area (Å²) < 4.78 is 0. The van der Waals surface area contributed by atoms with Gasteiger partial charge in [-0.15, -0.1) is 0 Å². The van der Waals surface area contributed by atoms with Gasteiger partial charge in [0.05, 0.1) is 0 Å². The van der Waals surface area contributed by atoms with Gasteiger partial charge in [0.2, 0.25) is 0 Å². The van der Waals surface area contributed by atoms with E-state index in [-0.39, 0.29) is 0 Å². The molecule has 1 aliphatic carbocycles. The molecule has 0 bridgehead atoms. The molecular weight excluding hydrogens is 196 g/mol. The number of nitrogens with zero attached hydrogens (tertiary/aromatic N) is 1. The monoisotopic (exact) mass is 216 g/mol. The maximum atomic E-state index is 5.77. The molecule has 2 nitrogen and oxygen atoms in total. The van der Waals surface area contributed by atoms with E-state index in [1.165, 1.54) is 12.1 Å². The van der Waals surface area contributed by atoms with Crippen molar-refractivity contribution in [3.05, 3.63) is 35.9 Å². The molecule has 1 aromatic carbocycles. The van der Waals surface area contributed by atoms with E-state index in [2.05, 4.69) is 42.2 Å². The van der Waals surface area contributed by atoms with Crippen LogP contribution in [0.2, 0.25) is 0 Å². The first-order valence-corrected chi connectivity index (χ1v) is 6.29. The smallest absolute Gasteiger partial charge is 0.0236 e. The quantitative estimate of drug-likeness (QED) is 0.833. The minimum Gasteiger partial charge on any atom is -0.330 e. The summed E-state index contributed by atoms with van der Waals surface area (Å²) in [7, 11) is 0. The third-order valence-electron chi connectivity index (χ3n) is 4.48. The van der Waals surface area contributed by atoms with E-state index in [0.29, 0.717) is 0 Å². The molecular formula is C14H20N2. The molecule has 4 atom stereocenters. The van der Waals surface area contributed by atoms with Crippen LogP contribution in [0, 0.1) is 17.8 Å². The average Bonchev–Trinajstić information content (AvgIpc) is 2.92. The Morgan fingerprint density at radius 2 is 2.06 bits per heavy atom. The Morgan fingerprint density at radius 3 is 2.62 bits per heavy atom. The molecule has 0 amide bonds. The first kappa shape index (κ1) is 10.3. The third-order valence-corrected chi connectivity index (χ3v) is 4.48. The lowest BCUT2D eigenvalue weighted by molar-refractivity contribution is 0.209. The molecule has 1 aliphatic heterocycles. The van der Waals surface area contributed by atoms with Gasteiger partial charge in [-0.25, -0.2) is 0 Å². The van der Waals surface area contributed by atoms with Gasteiger partial charge in [-0.05, 0) is 36.8 Å². The summed E-state index contributed by atoms with van der Waals surface area (Å²) in [6.07, 6.45) is 0. The molecule has 86 valence electrons. The van der Waals surface area contributed by atoms with Crippen LogP contribution in [0.15, 0.2) is 30.3 Å². The Hall–Kier alpha value is -0.860. The van der Waals surface area contributed by atoms with Crippen LogP contribution in [0.25, 0.3) is 0 Å². The van der Waals surface area contributed by atoms with Crippen LogP contribution in [0.1, 0.15) is 12.5 Å². The summed E-state index contributed by atoms with van der Waals surface area (Å²) in [4.78, 5) is 2.61. The molecule has 2 fully saturated rings. The first-order chi connectivity index (χ1) is 7.81. The molecule has 3 rings (SSSR count). The van der Waals surface area contributed by atoms with E-state index in [1.54, 1.807) is 0 Å². The van der Waals surface area contributed by atoms with Crippen LogP contribution in [0.4, 0.5) is 0 Å².